The molecule has 21 heavy (non-hydrogen) atoms. The van der Waals surface area contributed by atoms with E-state index >= 15 is 0 Å². The van der Waals surface area contributed by atoms with Crippen LogP contribution in [0, 0.1) is 17.8 Å². The summed E-state index contributed by atoms with van der Waals surface area (Å²) < 4.78 is 0. The van der Waals surface area contributed by atoms with Gasteiger partial charge in [0.15, 0.2) is 0 Å². The SMILES string of the molecule is CC#CC1=CC=CC2NC(=O)/C(=C\Nc3ccccc3)C12. The van der Waals surface area contributed by atoms with Crippen molar-refractivity contribution >= 4 is 11.6 Å². The molecule has 104 valence electrons. The van der Waals surface area contributed by atoms with Gasteiger partial charge in [-0.3, -0.25) is 4.79 Å². The smallest absolute Gasteiger partial charge is 0.249 e. The van der Waals surface area contributed by atoms with Crippen molar-refractivity contribution in [2.24, 2.45) is 5.92 Å². The van der Waals surface area contributed by atoms with E-state index in [0.29, 0.717) is 0 Å². The third kappa shape index (κ3) is 2.61. The molecule has 0 radical (unpaired) electrons. The summed E-state index contributed by atoms with van der Waals surface area (Å²) in [6, 6.07) is 9.79. The van der Waals surface area contributed by atoms with Crippen molar-refractivity contribution in [3.63, 3.8) is 0 Å². The zero-order chi connectivity index (χ0) is 14.7. The van der Waals surface area contributed by atoms with Crippen LogP contribution in [0.15, 0.2) is 65.9 Å². The molecule has 1 heterocycles. The molecule has 3 heteroatoms. The molecule has 1 saturated heterocycles. The number of rotatable bonds is 2. The van der Waals surface area contributed by atoms with Gasteiger partial charge in [0.2, 0.25) is 5.91 Å². The number of nitrogens with one attached hydrogen (secondary N) is 2. The van der Waals surface area contributed by atoms with Crippen LogP contribution in [0.2, 0.25) is 0 Å². The van der Waals surface area contributed by atoms with E-state index in [-0.39, 0.29) is 17.9 Å². The molecule has 1 fully saturated rings. The topological polar surface area (TPSA) is 41.1 Å². The maximum atomic E-state index is 12.2. The molecule has 0 aromatic heterocycles. The monoisotopic (exact) mass is 276 g/mol. The van der Waals surface area contributed by atoms with Crippen molar-refractivity contribution in [3.8, 4) is 11.8 Å². The Morgan fingerprint density at radius 3 is 2.86 bits per heavy atom. The second-order valence-electron chi connectivity index (χ2n) is 4.97. The van der Waals surface area contributed by atoms with E-state index in [1.54, 1.807) is 6.20 Å². The fraction of sp³-hybridized carbons (Fsp3) is 0.167. The molecular formula is C18H16N2O. The first-order valence-corrected chi connectivity index (χ1v) is 6.93. The van der Waals surface area contributed by atoms with Crippen LogP contribution in [0.3, 0.4) is 0 Å². The number of benzene rings is 1. The molecule has 3 nitrogen and oxygen atoms in total. The van der Waals surface area contributed by atoms with E-state index in [2.05, 4.69) is 22.5 Å². The van der Waals surface area contributed by atoms with Gasteiger partial charge in [-0.25, -0.2) is 0 Å². The summed E-state index contributed by atoms with van der Waals surface area (Å²) in [5, 5.41) is 6.18. The summed E-state index contributed by atoms with van der Waals surface area (Å²) in [4.78, 5) is 12.2. The minimum absolute atomic E-state index is 0.00201. The fourth-order valence-corrected chi connectivity index (χ4v) is 2.67. The van der Waals surface area contributed by atoms with Gasteiger partial charge < -0.3 is 10.6 Å². The van der Waals surface area contributed by atoms with E-state index in [1.165, 1.54) is 0 Å². The molecule has 2 aliphatic rings. The summed E-state index contributed by atoms with van der Waals surface area (Å²) in [5.41, 5.74) is 2.66. The first-order valence-electron chi connectivity index (χ1n) is 6.93. The van der Waals surface area contributed by atoms with Gasteiger partial charge in [0.1, 0.15) is 0 Å². The summed E-state index contributed by atoms with van der Waals surface area (Å²) in [5.74, 6) is 5.98. The molecule has 1 amide bonds. The lowest BCUT2D eigenvalue weighted by Crippen LogP contribution is -2.28. The van der Waals surface area contributed by atoms with Gasteiger partial charge in [0.05, 0.1) is 6.04 Å². The molecule has 1 aromatic rings. The van der Waals surface area contributed by atoms with Gasteiger partial charge in [-0.2, -0.15) is 0 Å². The second kappa shape index (κ2) is 5.72. The Hall–Kier alpha value is -2.73. The molecule has 0 saturated carbocycles. The normalized spacial score (nSPS) is 24.7. The predicted molar refractivity (Wildman–Crippen MR) is 84.2 cm³/mol. The molecule has 0 bridgehead atoms. The van der Waals surface area contributed by atoms with Gasteiger partial charge in [-0.1, -0.05) is 42.3 Å². The van der Waals surface area contributed by atoms with Crippen LogP contribution in [0.25, 0.3) is 0 Å². The highest BCUT2D eigenvalue weighted by molar-refractivity contribution is 5.98. The predicted octanol–water partition coefficient (Wildman–Crippen LogP) is 2.62. The van der Waals surface area contributed by atoms with Crippen LogP contribution in [0.4, 0.5) is 5.69 Å². The van der Waals surface area contributed by atoms with Crippen LogP contribution in [-0.2, 0) is 4.79 Å². The van der Waals surface area contributed by atoms with E-state index in [0.717, 1.165) is 16.8 Å². The highest BCUT2D eigenvalue weighted by Crippen LogP contribution is 2.33. The number of amides is 1. The number of carbonyl (C=O) groups excluding carboxylic acids is 1. The van der Waals surface area contributed by atoms with Crippen molar-refractivity contribution < 1.29 is 4.79 Å². The number of hydrogen-bond donors (Lipinski definition) is 2. The van der Waals surface area contributed by atoms with E-state index in [9.17, 15) is 4.79 Å². The highest BCUT2D eigenvalue weighted by Gasteiger charge is 2.38. The molecule has 2 unspecified atom stereocenters. The first kappa shape index (κ1) is 13.3. The van der Waals surface area contributed by atoms with Crippen LogP contribution < -0.4 is 10.6 Å². The molecule has 2 N–H and O–H groups in total. The van der Waals surface area contributed by atoms with Crippen molar-refractivity contribution in [3.05, 3.63) is 65.9 Å². The average molecular weight is 276 g/mol. The standard InChI is InChI=1S/C18H16N2O/c1-2-7-13-8-6-11-16-17(13)15(18(21)20-16)12-19-14-9-4-3-5-10-14/h3-6,8-12,16-17,19H,1H3,(H,20,21)/b15-12-. The zero-order valence-electron chi connectivity index (χ0n) is 11.8. The van der Waals surface area contributed by atoms with Gasteiger partial charge in [0.25, 0.3) is 0 Å². The Morgan fingerprint density at radius 1 is 1.29 bits per heavy atom. The molecule has 1 aromatic carbocycles. The zero-order valence-corrected chi connectivity index (χ0v) is 11.8. The minimum Gasteiger partial charge on any atom is -0.361 e. The Bertz CT molecular complexity index is 702. The number of para-hydroxylation sites is 1. The van der Waals surface area contributed by atoms with Crippen molar-refractivity contribution in [2.45, 2.75) is 13.0 Å². The molecule has 2 atom stereocenters. The van der Waals surface area contributed by atoms with Gasteiger partial charge in [-0.15, -0.1) is 5.92 Å². The van der Waals surface area contributed by atoms with Crippen LogP contribution in [0.1, 0.15) is 6.92 Å². The van der Waals surface area contributed by atoms with Crippen LogP contribution >= 0.6 is 0 Å². The van der Waals surface area contributed by atoms with Gasteiger partial charge in [-0.05, 0) is 19.1 Å². The molecule has 1 aliphatic carbocycles. The third-order valence-electron chi connectivity index (χ3n) is 3.62. The van der Waals surface area contributed by atoms with E-state index < -0.39 is 0 Å². The summed E-state index contributed by atoms with van der Waals surface area (Å²) in [7, 11) is 0. The fourth-order valence-electron chi connectivity index (χ4n) is 2.67. The maximum absolute atomic E-state index is 12.2. The van der Waals surface area contributed by atoms with Crippen LogP contribution in [0.5, 0.6) is 0 Å². The van der Waals surface area contributed by atoms with Crippen molar-refractivity contribution in [2.75, 3.05) is 5.32 Å². The lowest BCUT2D eigenvalue weighted by atomic mass is 9.85. The number of hydrogen-bond acceptors (Lipinski definition) is 2. The van der Waals surface area contributed by atoms with E-state index in [1.807, 2.05) is 55.5 Å². The molecule has 3 rings (SSSR count). The third-order valence-corrected chi connectivity index (χ3v) is 3.62. The molecule has 0 spiro atoms. The van der Waals surface area contributed by atoms with Crippen LogP contribution in [-0.4, -0.2) is 11.9 Å². The largest absolute Gasteiger partial charge is 0.361 e. The van der Waals surface area contributed by atoms with Crippen molar-refractivity contribution in [1.29, 1.82) is 0 Å². The minimum atomic E-state index is -0.0382. The number of carbonyl (C=O) groups is 1. The van der Waals surface area contributed by atoms with Gasteiger partial charge in [0, 0.05) is 29.0 Å². The first-order chi connectivity index (χ1) is 10.3. The molecule has 1 aliphatic heterocycles. The Balaban J connectivity index is 1.89. The Labute approximate surface area is 124 Å². The number of fused-ring (bicyclic) bond motifs is 1. The molecular weight excluding hydrogens is 260 g/mol. The Morgan fingerprint density at radius 2 is 2.10 bits per heavy atom. The lowest BCUT2D eigenvalue weighted by molar-refractivity contribution is -0.116. The van der Waals surface area contributed by atoms with Gasteiger partial charge >= 0.3 is 0 Å². The van der Waals surface area contributed by atoms with E-state index in [4.69, 9.17) is 0 Å². The Kier molecular flexibility index (Phi) is 3.61. The quantitative estimate of drug-likeness (QED) is 0.644. The summed E-state index contributed by atoms with van der Waals surface area (Å²) in [6.07, 6.45) is 7.73. The van der Waals surface area contributed by atoms with Crippen molar-refractivity contribution in [1.82, 2.24) is 5.32 Å². The summed E-state index contributed by atoms with van der Waals surface area (Å²) in [6.45, 7) is 1.81. The maximum Gasteiger partial charge on any atom is 0.249 e. The summed E-state index contributed by atoms with van der Waals surface area (Å²) >= 11 is 0. The average Bonchev–Trinajstić information content (AvgIpc) is 2.83. The highest BCUT2D eigenvalue weighted by atomic mass is 16.2. The second-order valence-corrected chi connectivity index (χ2v) is 4.97. The lowest BCUT2D eigenvalue weighted by Gasteiger charge is -2.19. The number of anilines is 1. The number of allylic oxidation sites excluding steroid dienone is 2.